The van der Waals surface area contributed by atoms with E-state index in [9.17, 15) is 0 Å². The van der Waals surface area contributed by atoms with Gasteiger partial charge in [-0.1, -0.05) is 12.1 Å². The van der Waals surface area contributed by atoms with Gasteiger partial charge in [-0.05, 0) is 36.5 Å². The SMILES string of the molecule is C1=C(c2cccnc2)C2=C(CC1)NCC2. The fourth-order valence-electron chi connectivity index (χ4n) is 2.43. The number of nitrogens with zero attached hydrogens (tertiary/aromatic N) is 1. The van der Waals surface area contributed by atoms with Gasteiger partial charge in [0, 0.05) is 30.2 Å². The maximum Gasteiger partial charge on any atom is 0.0346 e. The maximum atomic E-state index is 4.19. The average Bonchev–Trinajstić information content (AvgIpc) is 2.78. The molecule has 0 unspecified atom stereocenters. The highest BCUT2D eigenvalue weighted by atomic mass is 14.9. The molecule has 3 rings (SSSR count). The van der Waals surface area contributed by atoms with Crippen LogP contribution < -0.4 is 5.32 Å². The third kappa shape index (κ3) is 1.46. The van der Waals surface area contributed by atoms with Crippen molar-refractivity contribution in [2.75, 3.05) is 6.54 Å². The summed E-state index contributed by atoms with van der Waals surface area (Å²) in [5.74, 6) is 0. The van der Waals surface area contributed by atoms with E-state index in [1.54, 1.807) is 0 Å². The standard InChI is InChI=1S/C13H14N2/c1-4-11(10-3-2-7-14-9-10)12-6-8-15-13(12)5-1/h2-4,7,9,15H,1,5-6,8H2. The Kier molecular flexibility index (Phi) is 2.05. The number of nitrogens with one attached hydrogen (secondary N) is 1. The Morgan fingerprint density at radius 2 is 2.27 bits per heavy atom. The lowest BCUT2D eigenvalue weighted by Gasteiger charge is -2.16. The molecule has 0 radical (unpaired) electrons. The van der Waals surface area contributed by atoms with Gasteiger partial charge in [-0.25, -0.2) is 0 Å². The molecule has 2 aliphatic rings. The van der Waals surface area contributed by atoms with Crippen LogP contribution in [0.25, 0.3) is 5.57 Å². The Morgan fingerprint density at radius 1 is 1.27 bits per heavy atom. The first kappa shape index (κ1) is 8.72. The van der Waals surface area contributed by atoms with E-state index in [-0.39, 0.29) is 0 Å². The molecule has 1 N–H and O–H groups in total. The minimum atomic E-state index is 1.10. The molecule has 2 nitrogen and oxygen atoms in total. The second-order valence-electron chi connectivity index (χ2n) is 4.03. The molecule has 0 spiro atoms. The lowest BCUT2D eigenvalue weighted by Crippen LogP contribution is -2.08. The van der Waals surface area contributed by atoms with Gasteiger partial charge in [0.25, 0.3) is 0 Å². The molecular formula is C13H14N2. The minimum Gasteiger partial charge on any atom is -0.388 e. The predicted molar refractivity (Wildman–Crippen MR) is 61.1 cm³/mol. The molecule has 2 heterocycles. The Bertz CT molecular complexity index is 429. The molecular weight excluding hydrogens is 184 g/mol. The zero-order valence-corrected chi connectivity index (χ0v) is 8.66. The van der Waals surface area contributed by atoms with Gasteiger partial charge in [-0.15, -0.1) is 0 Å². The van der Waals surface area contributed by atoms with Crippen LogP contribution in [0.2, 0.25) is 0 Å². The van der Waals surface area contributed by atoms with Crippen LogP contribution in [0.15, 0.2) is 41.9 Å². The van der Waals surface area contributed by atoms with Gasteiger partial charge in [0.2, 0.25) is 0 Å². The van der Waals surface area contributed by atoms with E-state index in [0.717, 1.165) is 19.4 Å². The van der Waals surface area contributed by atoms with E-state index < -0.39 is 0 Å². The van der Waals surface area contributed by atoms with Crippen LogP contribution in [0, 0.1) is 0 Å². The molecule has 15 heavy (non-hydrogen) atoms. The summed E-state index contributed by atoms with van der Waals surface area (Å²) in [5.41, 5.74) is 5.62. The Balaban J connectivity index is 2.03. The molecule has 0 amide bonds. The molecule has 0 saturated carbocycles. The molecule has 1 aliphatic carbocycles. The molecule has 0 atom stereocenters. The number of pyridine rings is 1. The molecule has 2 heteroatoms. The second-order valence-corrected chi connectivity index (χ2v) is 4.03. The van der Waals surface area contributed by atoms with Crippen LogP contribution in [-0.4, -0.2) is 11.5 Å². The topological polar surface area (TPSA) is 24.9 Å². The van der Waals surface area contributed by atoms with Gasteiger partial charge in [0.05, 0.1) is 0 Å². The first-order chi connectivity index (χ1) is 7.45. The third-order valence-electron chi connectivity index (χ3n) is 3.12. The first-order valence-corrected chi connectivity index (χ1v) is 5.52. The summed E-state index contributed by atoms with van der Waals surface area (Å²) >= 11 is 0. The maximum absolute atomic E-state index is 4.19. The quantitative estimate of drug-likeness (QED) is 0.750. The number of hydrogen-bond acceptors (Lipinski definition) is 2. The lowest BCUT2D eigenvalue weighted by molar-refractivity contribution is 0.812. The summed E-state index contributed by atoms with van der Waals surface area (Å²) in [7, 11) is 0. The van der Waals surface area contributed by atoms with Crippen LogP contribution in [0.4, 0.5) is 0 Å². The van der Waals surface area contributed by atoms with E-state index in [2.05, 4.69) is 22.4 Å². The first-order valence-electron chi connectivity index (χ1n) is 5.52. The number of allylic oxidation sites excluding steroid dienone is 3. The van der Waals surface area contributed by atoms with Gasteiger partial charge >= 0.3 is 0 Å². The van der Waals surface area contributed by atoms with Gasteiger partial charge in [0.15, 0.2) is 0 Å². The fraction of sp³-hybridized carbons (Fsp3) is 0.308. The third-order valence-corrected chi connectivity index (χ3v) is 3.12. The smallest absolute Gasteiger partial charge is 0.0346 e. The molecule has 0 saturated heterocycles. The van der Waals surface area contributed by atoms with E-state index in [0.29, 0.717) is 0 Å². The molecule has 76 valence electrons. The van der Waals surface area contributed by atoms with E-state index in [1.165, 1.54) is 28.8 Å². The van der Waals surface area contributed by atoms with E-state index in [4.69, 9.17) is 0 Å². The van der Waals surface area contributed by atoms with Crippen LogP contribution in [-0.2, 0) is 0 Å². The van der Waals surface area contributed by atoms with Crippen molar-refractivity contribution in [1.82, 2.24) is 10.3 Å². The lowest BCUT2D eigenvalue weighted by atomic mass is 9.91. The van der Waals surface area contributed by atoms with Crippen molar-refractivity contribution in [1.29, 1.82) is 0 Å². The Hall–Kier alpha value is -1.57. The highest BCUT2D eigenvalue weighted by Gasteiger charge is 2.20. The van der Waals surface area contributed by atoms with Crippen LogP contribution in [0.3, 0.4) is 0 Å². The molecule has 0 aromatic carbocycles. The fourth-order valence-corrected chi connectivity index (χ4v) is 2.43. The number of rotatable bonds is 1. The van der Waals surface area contributed by atoms with Crippen LogP contribution >= 0.6 is 0 Å². The minimum absolute atomic E-state index is 1.10. The highest BCUT2D eigenvalue weighted by molar-refractivity contribution is 5.81. The Morgan fingerprint density at radius 3 is 3.13 bits per heavy atom. The van der Waals surface area contributed by atoms with E-state index in [1.807, 2.05) is 18.5 Å². The summed E-state index contributed by atoms with van der Waals surface area (Å²) in [5, 5.41) is 3.48. The number of hydrogen-bond donors (Lipinski definition) is 1. The number of aromatic nitrogens is 1. The van der Waals surface area contributed by atoms with Crippen molar-refractivity contribution in [2.24, 2.45) is 0 Å². The predicted octanol–water partition coefficient (Wildman–Crippen LogP) is 2.51. The van der Waals surface area contributed by atoms with Crippen molar-refractivity contribution in [3.8, 4) is 0 Å². The van der Waals surface area contributed by atoms with Crippen LogP contribution in [0.1, 0.15) is 24.8 Å². The molecule has 0 fully saturated rings. The van der Waals surface area contributed by atoms with Crippen molar-refractivity contribution in [2.45, 2.75) is 19.3 Å². The van der Waals surface area contributed by atoms with Gasteiger partial charge in [-0.2, -0.15) is 0 Å². The monoisotopic (exact) mass is 198 g/mol. The van der Waals surface area contributed by atoms with Crippen LogP contribution in [0.5, 0.6) is 0 Å². The second kappa shape index (κ2) is 3.54. The van der Waals surface area contributed by atoms with E-state index >= 15 is 0 Å². The van der Waals surface area contributed by atoms with Gasteiger partial charge in [-0.3, -0.25) is 4.98 Å². The van der Waals surface area contributed by atoms with Crippen molar-refractivity contribution >= 4 is 5.57 Å². The summed E-state index contributed by atoms with van der Waals surface area (Å²) in [6, 6.07) is 4.15. The average molecular weight is 198 g/mol. The van der Waals surface area contributed by atoms with Gasteiger partial charge in [0.1, 0.15) is 0 Å². The zero-order chi connectivity index (χ0) is 10.1. The molecule has 1 aliphatic heterocycles. The summed E-state index contributed by atoms with van der Waals surface area (Å²) in [6.45, 7) is 1.10. The largest absolute Gasteiger partial charge is 0.388 e. The summed E-state index contributed by atoms with van der Waals surface area (Å²) in [4.78, 5) is 4.19. The van der Waals surface area contributed by atoms with Crippen molar-refractivity contribution in [3.05, 3.63) is 47.4 Å². The highest BCUT2D eigenvalue weighted by Crippen LogP contribution is 2.35. The molecule has 1 aromatic heterocycles. The van der Waals surface area contributed by atoms with Gasteiger partial charge < -0.3 is 5.32 Å². The summed E-state index contributed by atoms with van der Waals surface area (Å²) < 4.78 is 0. The zero-order valence-electron chi connectivity index (χ0n) is 8.66. The van der Waals surface area contributed by atoms with Crippen molar-refractivity contribution in [3.63, 3.8) is 0 Å². The molecule has 0 bridgehead atoms. The Labute approximate surface area is 89.7 Å². The molecule has 1 aromatic rings. The summed E-state index contributed by atoms with van der Waals surface area (Å²) in [6.07, 6.45) is 9.63. The van der Waals surface area contributed by atoms with Crippen molar-refractivity contribution < 1.29 is 0 Å². The normalized spacial score (nSPS) is 19.6.